The van der Waals surface area contributed by atoms with E-state index in [1.54, 1.807) is 0 Å². The zero-order valence-electron chi connectivity index (χ0n) is 25.7. The molecule has 0 bridgehead atoms. The first kappa shape index (κ1) is 26.0. The van der Waals surface area contributed by atoms with Crippen molar-refractivity contribution >= 4 is 61.5 Å². The van der Waals surface area contributed by atoms with Crippen LogP contribution in [0.1, 0.15) is 34.6 Å². The average Bonchev–Trinajstić information content (AvgIpc) is 3.82. The van der Waals surface area contributed by atoms with Crippen molar-refractivity contribution < 1.29 is 8.83 Å². The van der Waals surface area contributed by atoms with Crippen LogP contribution in [-0.4, -0.2) is 12.4 Å². The third-order valence-electron chi connectivity index (χ3n) is 10.1. The molecule has 6 heteroatoms. The fraction of sp³-hybridized carbons (Fsp3) is 0.0714. The van der Waals surface area contributed by atoms with Gasteiger partial charge in [0.25, 0.3) is 0 Å². The molecule has 0 amide bonds. The van der Waals surface area contributed by atoms with Gasteiger partial charge >= 0.3 is 0 Å². The predicted octanol–water partition coefficient (Wildman–Crippen LogP) is 9.91. The van der Waals surface area contributed by atoms with Crippen LogP contribution in [0.25, 0.3) is 72.0 Å². The minimum absolute atomic E-state index is 0.262. The van der Waals surface area contributed by atoms with E-state index < -0.39 is 0 Å². The van der Waals surface area contributed by atoms with E-state index >= 15 is 0 Å². The van der Waals surface area contributed by atoms with E-state index in [2.05, 4.69) is 113 Å². The molecule has 2 aromatic heterocycles. The molecule has 0 fully saturated rings. The maximum Gasteiger partial charge on any atom is 0.201 e. The Morgan fingerprint density at radius 3 is 2.31 bits per heavy atom. The van der Waals surface area contributed by atoms with Gasteiger partial charge in [0.05, 0.1) is 0 Å². The standard InChI is InChI=1S/C42H28N4O2/c1-2-11-26-25(10-1)27-13-5-9-23-21-24(22-32(26)36(23)27)39-44-40(29-14-6-18-34-37(29)28-12-3-4-17-33(28)47-34)46-41(45-39)30-15-7-19-35-38(30)31-16-8-20-43-42(31)48-35/h1-19,21-22,39-40,43-44H,20H2,(H,45,46). The lowest BCUT2D eigenvalue weighted by Gasteiger charge is -2.33. The van der Waals surface area contributed by atoms with Crippen LogP contribution >= 0.6 is 0 Å². The second kappa shape index (κ2) is 9.70. The first-order valence-electron chi connectivity index (χ1n) is 16.4. The Hall–Kier alpha value is -6.11. The number of benzene rings is 6. The van der Waals surface area contributed by atoms with Crippen molar-refractivity contribution in [1.29, 1.82) is 0 Å². The van der Waals surface area contributed by atoms with Gasteiger partial charge in [-0.25, -0.2) is 4.99 Å². The molecule has 2 unspecified atom stereocenters. The molecule has 4 heterocycles. The van der Waals surface area contributed by atoms with Gasteiger partial charge < -0.3 is 19.5 Å². The highest BCUT2D eigenvalue weighted by atomic mass is 16.4. The summed E-state index contributed by atoms with van der Waals surface area (Å²) in [6, 6.07) is 40.7. The van der Waals surface area contributed by atoms with Crippen LogP contribution in [0.5, 0.6) is 0 Å². The van der Waals surface area contributed by atoms with Gasteiger partial charge in [-0.1, -0.05) is 97.1 Å². The number of anilines is 1. The van der Waals surface area contributed by atoms with Gasteiger partial charge in [-0.15, -0.1) is 0 Å². The molecule has 0 spiro atoms. The van der Waals surface area contributed by atoms with Gasteiger partial charge in [-0.3, -0.25) is 5.32 Å². The Morgan fingerprint density at radius 2 is 1.38 bits per heavy atom. The number of amidine groups is 1. The third kappa shape index (κ3) is 3.63. The molecule has 2 aliphatic heterocycles. The number of nitrogens with one attached hydrogen (secondary N) is 3. The Kier molecular flexibility index (Phi) is 5.26. The van der Waals surface area contributed by atoms with Gasteiger partial charge in [0.15, 0.2) is 0 Å². The second-order valence-corrected chi connectivity index (χ2v) is 12.8. The van der Waals surface area contributed by atoms with Crippen LogP contribution in [0.4, 0.5) is 5.88 Å². The van der Waals surface area contributed by atoms with E-state index in [0.29, 0.717) is 0 Å². The molecule has 1 aliphatic carbocycles. The number of furan rings is 2. The van der Waals surface area contributed by atoms with Crippen molar-refractivity contribution in [1.82, 2.24) is 10.6 Å². The number of nitrogens with zero attached hydrogens (tertiary/aromatic N) is 1. The molecule has 6 aromatic carbocycles. The fourth-order valence-corrected chi connectivity index (χ4v) is 8.06. The van der Waals surface area contributed by atoms with E-state index in [9.17, 15) is 0 Å². The quantitative estimate of drug-likeness (QED) is 0.183. The van der Waals surface area contributed by atoms with Crippen molar-refractivity contribution in [3.05, 3.63) is 144 Å². The molecular formula is C42H28N4O2. The number of rotatable bonds is 3. The van der Waals surface area contributed by atoms with Crippen LogP contribution in [0.3, 0.4) is 0 Å². The van der Waals surface area contributed by atoms with Crippen LogP contribution in [-0.2, 0) is 0 Å². The maximum atomic E-state index is 6.32. The molecule has 0 saturated carbocycles. The topological polar surface area (TPSA) is 74.7 Å². The second-order valence-electron chi connectivity index (χ2n) is 12.8. The Labute approximate surface area is 275 Å². The van der Waals surface area contributed by atoms with Crippen molar-refractivity contribution in [2.75, 3.05) is 11.9 Å². The van der Waals surface area contributed by atoms with E-state index in [0.717, 1.165) is 73.4 Å². The van der Waals surface area contributed by atoms with E-state index in [-0.39, 0.29) is 12.3 Å². The smallest absolute Gasteiger partial charge is 0.201 e. The summed E-state index contributed by atoms with van der Waals surface area (Å²) in [4.78, 5) is 5.45. The third-order valence-corrected chi connectivity index (χ3v) is 10.1. The highest BCUT2D eigenvalue weighted by molar-refractivity contribution is 6.16. The van der Waals surface area contributed by atoms with Gasteiger partial charge in [0, 0.05) is 39.4 Å². The van der Waals surface area contributed by atoms with Gasteiger partial charge in [-0.05, 0) is 68.9 Å². The van der Waals surface area contributed by atoms with Crippen LogP contribution < -0.4 is 16.0 Å². The average molecular weight is 621 g/mol. The molecule has 0 saturated heterocycles. The van der Waals surface area contributed by atoms with Crippen molar-refractivity contribution in [3.8, 4) is 22.3 Å². The highest BCUT2D eigenvalue weighted by Gasteiger charge is 2.31. The van der Waals surface area contributed by atoms with Gasteiger partial charge in [0.2, 0.25) is 5.88 Å². The molecule has 48 heavy (non-hydrogen) atoms. The molecule has 0 radical (unpaired) electrons. The Morgan fingerprint density at radius 1 is 0.625 bits per heavy atom. The largest absolute Gasteiger partial charge is 0.456 e. The lowest BCUT2D eigenvalue weighted by Crippen LogP contribution is -2.45. The van der Waals surface area contributed by atoms with Crippen molar-refractivity contribution in [3.63, 3.8) is 0 Å². The summed E-state index contributed by atoms with van der Waals surface area (Å²) in [6.07, 6.45) is 3.69. The molecule has 6 nitrogen and oxygen atoms in total. The number of hydrogen-bond acceptors (Lipinski definition) is 6. The summed E-state index contributed by atoms with van der Waals surface area (Å²) in [5.41, 5.74) is 12.0. The van der Waals surface area contributed by atoms with E-state index in [1.165, 1.54) is 33.0 Å². The fourth-order valence-electron chi connectivity index (χ4n) is 8.06. The summed E-state index contributed by atoms with van der Waals surface area (Å²) >= 11 is 0. The van der Waals surface area contributed by atoms with Crippen LogP contribution in [0, 0.1) is 0 Å². The molecule has 228 valence electrons. The molecule has 2 atom stereocenters. The minimum atomic E-state index is -0.330. The van der Waals surface area contributed by atoms with Gasteiger partial charge in [-0.2, -0.15) is 0 Å². The SMILES string of the molecule is C1=Cc2c(oc3cccc(C4=NC(c5cc6c7c(cccc7c5)-c5ccccc5-6)NC(c5cccc6oc7ccccc7c56)N4)c23)NC1. The Bertz CT molecular complexity index is 2710. The zero-order valence-corrected chi connectivity index (χ0v) is 25.7. The number of fused-ring (bicyclic) bond motifs is 9. The van der Waals surface area contributed by atoms with Crippen LogP contribution in [0.2, 0.25) is 0 Å². The molecular weight excluding hydrogens is 592 g/mol. The lowest BCUT2D eigenvalue weighted by molar-refractivity contribution is 0.411. The summed E-state index contributed by atoms with van der Waals surface area (Å²) in [5, 5.41) is 16.9. The molecule has 3 N–H and O–H groups in total. The minimum Gasteiger partial charge on any atom is -0.456 e. The first-order valence-corrected chi connectivity index (χ1v) is 16.4. The zero-order chi connectivity index (χ0) is 31.3. The molecule has 11 rings (SSSR count). The van der Waals surface area contributed by atoms with E-state index in [4.69, 9.17) is 13.8 Å². The summed E-state index contributed by atoms with van der Waals surface area (Å²) in [5.74, 6) is 1.61. The monoisotopic (exact) mass is 620 g/mol. The number of hydrogen-bond donors (Lipinski definition) is 3. The van der Waals surface area contributed by atoms with Gasteiger partial charge in [0.1, 0.15) is 34.9 Å². The van der Waals surface area contributed by atoms with E-state index in [1.807, 2.05) is 30.3 Å². The molecule has 3 aliphatic rings. The summed E-state index contributed by atoms with van der Waals surface area (Å²) < 4.78 is 12.6. The number of aliphatic imine (C=N–C) groups is 1. The molecule has 8 aromatic rings. The highest BCUT2D eigenvalue weighted by Crippen LogP contribution is 2.48. The lowest BCUT2D eigenvalue weighted by atomic mass is 9.97. The normalized spacial score (nSPS) is 17.8. The van der Waals surface area contributed by atoms with Crippen molar-refractivity contribution in [2.24, 2.45) is 4.99 Å². The first-order chi connectivity index (χ1) is 23.8. The Balaban J connectivity index is 1.14. The maximum absolute atomic E-state index is 6.32. The van der Waals surface area contributed by atoms with Crippen LogP contribution in [0.15, 0.2) is 135 Å². The number of para-hydroxylation sites is 1. The van der Waals surface area contributed by atoms with Crippen molar-refractivity contribution in [2.45, 2.75) is 12.3 Å². The summed E-state index contributed by atoms with van der Waals surface area (Å²) in [7, 11) is 0. The summed E-state index contributed by atoms with van der Waals surface area (Å²) in [6.45, 7) is 0.743. The predicted molar refractivity (Wildman–Crippen MR) is 194 cm³/mol.